The van der Waals surface area contributed by atoms with Crippen molar-refractivity contribution in [3.63, 3.8) is 0 Å². The van der Waals surface area contributed by atoms with E-state index < -0.39 is 11.7 Å². The Hall–Kier alpha value is -1.06. The molecule has 0 N–H and O–H groups in total. The number of cyclic esters (lactones) is 1. The first-order valence-corrected chi connectivity index (χ1v) is 5.29. The number of carbonyl (C=O) groups excluding carboxylic acids is 2. The zero-order valence-corrected chi connectivity index (χ0v) is 9.70. The van der Waals surface area contributed by atoms with Crippen molar-refractivity contribution in [2.75, 3.05) is 0 Å². The maximum absolute atomic E-state index is 11.5. The molecule has 0 aromatic heterocycles. The van der Waals surface area contributed by atoms with E-state index >= 15 is 0 Å². The highest BCUT2D eigenvalue weighted by atomic mass is 16.6. The van der Waals surface area contributed by atoms with Crippen LogP contribution in [0.4, 0.5) is 0 Å². The first kappa shape index (κ1) is 12.0. The van der Waals surface area contributed by atoms with Gasteiger partial charge in [-0.3, -0.25) is 9.59 Å². The summed E-state index contributed by atoms with van der Waals surface area (Å²) in [6.45, 7) is 7.25. The van der Waals surface area contributed by atoms with Gasteiger partial charge in [0, 0.05) is 0 Å². The van der Waals surface area contributed by atoms with Gasteiger partial charge in [0.2, 0.25) is 0 Å². The minimum Gasteiger partial charge on any atom is -0.457 e. The third kappa shape index (κ3) is 2.70. The third-order valence-electron chi connectivity index (χ3n) is 2.78. The summed E-state index contributed by atoms with van der Waals surface area (Å²) in [5, 5.41) is 0. The van der Waals surface area contributed by atoms with Crippen molar-refractivity contribution >= 4 is 11.9 Å². The summed E-state index contributed by atoms with van der Waals surface area (Å²) in [4.78, 5) is 22.6. The summed E-state index contributed by atoms with van der Waals surface area (Å²) in [6, 6.07) is 0. The molecule has 1 fully saturated rings. The Bertz CT molecular complexity index is 270. The molecule has 1 aliphatic rings. The monoisotopic (exact) mass is 214 g/mol. The fourth-order valence-corrected chi connectivity index (χ4v) is 1.40. The van der Waals surface area contributed by atoms with E-state index in [9.17, 15) is 9.59 Å². The molecule has 0 bridgehead atoms. The Morgan fingerprint density at radius 3 is 2.67 bits per heavy atom. The summed E-state index contributed by atoms with van der Waals surface area (Å²) in [7, 11) is 0. The van der Waals surface area contributed by atoms with E-state index in [0.717, 1.165) is 6.42 Å². The van der Waals surface area contributed by atoms with Gasteiger partial charge < -0.3 is 9.47 Å². The molecule has 1 aliphatic heterocycles. The lowest BCUT2D eigenvalue weighted by molar-refractivity contribution is -0.163. The first-order valence-electron chi connectivity index (χ1n) is 5.29. The van der Waals surface area contributed by atoms with Crippen LogP contribution in [0.1, 0.15) is 40.5 Å². The van der Waals surface area contributed by atoms with Gasteiger partial charge in [-0.1, -0.05) is 13.8 Å². The number of carbonyl (C=O) groups is 2. The fraction of sp³-hybridized carbons (Fsp3) is 0.818. The van der Waals surface area contributed by atoms with Gasteiger partial charge in [0.1, 0.15) is 5.60 Å². The maximum atomic E-state index is 11.5. The number of esters is 2. The summed E-state index contributed by atoms with van der Waals surface area (Å²) in [5.41, 5.74) is -0.694. The molecule has 15 heavy (non-hydrogen) atoms. The number of ether oxygens (including phenoxy) is 2. The van der Waals surface area contributed by atoms with E-state index in [0.29, 0.717) is 0 Å². The summed E-state index contributed by atoms with van der Waals surface area (Å²) in [5.74, 6) is -0.688. The second-order valence-electron chi connectivity index (χ2n) is 4.52. The van der Waals surface area contributed by atoms with Gasteiger partial charge in [0.25, 0.3) is 0 Å². The molecule has 86 valence electrons. The van der Waals surface area contributed by atoms with Gasteiger partial charge in [-0.2, -0.15) is 0 Å². The molecule has 1 heterocycles. The topological polar surface area (TPSA) is 52.6 Å². The van der Waals surface area contributed by atoms with E-state index in [-0.39, 0.29) is 24.3 Å². The highest BCUT2D eigenvalue weighted by Crippen LogP contribution is 2.29. The van der Waals surface area contributed by atoms with Crippen molar-refractivity contribution < 1.29 is 19.1 Å². The average molecular weight is 214 g/mol. The molecule has 0 aromatic carbocycles. The molecule has 2 atom stereocenters. The van der Waals surface area contributed by atoms with Gasteiger partial charge in [0.15, 0.2) is 6.10 Å². The summed E-state index contributed by atoms with van der Waals surface area (Å²) < 4.78 is 10.3. The number of rotatable bonds is 3. The lowest BCUT2D eigenvalue weighted by Gasteiger charge is -2.25. The number of hydrogen-bond acceptors (Lipinski definition) is 4. The van der Waals surface area contributed by atoms with Crippen molar-refractivity contribution in [1.29, 1.82) is 0 Å². The van der Waals surface area contributed by atoms with Crippen LogP contribution in [0.15, 0.2) is 0 Å². The van der Waals surface area contributed by atoms with Crippen molar-refractivity contribution in [2.24, 2.45) is 5.92 Å². The van der Waals surface area contributed by atoms with Crippen LogP contribution in [0.2, 0.25) is 0 Å². The molecule has 0 radical (unpaired) electrons. The molecule has 4 heteroatoms. The van der Waals surface area contributed by atoms with Crippen LogP contribution in [0.25, 0.3) is 0 Å². The van der Waals surface area contributed by atoms with E-state index in [1.807, 2.05) is 13.8 Å². The third-order valence-corrected chi connectivity index (χ3v) is 2.78. The predicted molar refractivity (Wildman–Crippen MR) is 54.1 cm³/mol. The Labute approximate surface area is 89.9 Å². The van der Waals surface area contributed by atoms with Crippen LogP contribution >= 0.6 is 0 Å². The zero-order chi connectivity index (χ0) is 11.6. The normalized spacial score (nSPS) is 25.9. The summed E-state index contributed by atoms with van der Waals surface area (Å²) >= 11 is 0. The van der Waals surface area contributed by atoms with Gasteiger partial charge in [-0.25, -0.2) is 0 Å². The van der Waals surface area contributed by atoms with Crippen LogP contribution in [0, 0.1) is 5.92 Å². The van der Waals surface area contributed by atoms with Gasteiger partial charge in [-0.05, 0) is 20.3 Å². The lowest BCUT2D eigenvalue weighted by atomic mass is 10.0. The average Bonchev–Trinajstić information content (AvgIpc) is 2.38. The van der Waals surface area contributed by atoms with Crippen molar-refractivity contribution in [3.05, 3.63) is 0 Å². The van der Waals surface area contributed by atoms with Crippen molar-refractivity contribution in [1.82, 2.24) is 0 Å². The Morgan fingerprint density at radius 1 is 1.67 bits per heavy atom. The molecule has 2 unspecified atom stereocenters. The van der Waals surface area contributed by atoms with E-state index in [4.69, 9.17) is 9.47 Å². The number of hydrogen-bond donors (Lipinski definition) is 0. The fourth-order valence-electron chi connectivity index (χ4n) is 1.40. The highest BCUT2D eigenvalue weighted by Gasteiger charge is 2.44. The molecule has 4 nitrogen and oxygen atoms in total. The second kappa shape index (κ2) is 4.21. The predicted octanol–water partition coefficient (Wildman–Crippen LogP) is 1.67. The molecular weight excluding hydrogens is 196 g/mol. The van der Waals surface area contributed by atoms with Crippen molar-refractivity contribution in [3.8, 4) is 0 Å². The summed E-state index contributed by atoms with van der Waals surface area (Å²) in [6.07, 6.45) is 0.446. The van der Waals surface area contributed by atoms with Gasteiger partial charge in [-0.15, -0.1) is 0 Å². The SMILES string of the molecule is CCC(C)C(=O)OC1CC(=O)OC1(C)C. The standard InChI is InChI=1S/C11H18O4/c1-5-7(2)10(13)14-8-6-9(12)15-11(8,3)4/h7-8H,5-6H2,1-4H3. The van der Waals surface area contributed by atoms with Crippen LogP contribution in [-0.4, -0.2) is 23.6 Å². The Morgan fingerprint density at radius 2 is 2.27 bits per heavy atom. The van der Waals surface area contributed by atoms with Gasteiger partial charge >= 0.3 is 11.9 Å². The minimum absolute atomic E-state index is 0.128. The van der Waals surface area contributed by atoms with E-state index in [2.05, 4.69) is 0 Å². The quantitative estimate of drug-likeness (QED) is 0.670. The lowest BCUT2D eigenvalue weighted by Crippen LogP contribution is -2.37. The molecule has 0 amide bonds. The highest BCUT2D eigenvalue weighted by molar-refractivity contribution is 5.76. The maximum Gasteiger partial charge on any atom is 0.310 e. The molecule has 1 rings (SSSR count). The van der Waals surface area contributed by atoms with Crippen LogP contribution in [0.5, 0.6) is 0 Å². The molecule has 0 saturated carbocycles. The Kier molecular flexibility index (Phi) is 3.37. The van der Waals surface area contributed by atoms with E-state index in [1.54, 1.807) is 13.8 Å². The van der Waals surface area contributed by atoms with E-state index in [1.165, 1.54) is 0 Å². The first-order chi connectivity index (χ1) is 6.86. The van der Waals surface area contributed by atoms with Crippen LogP contribution < -0.4 is 0 Å². The van der Waals surface area contributed by atoms with Crippen LogP contribution in [-0.2, 0) is 19.1 Å². The van der Waals surface area contributed by atoms with Crippen LogP contribution in [0.3, 0.4) is 0 Å². The minimum atomic E-state index is -0.694. The second-order valence-corrected chi connectivity index (χ2v) is 4.52. The molecule has 1 saturated heterocycles. The molecule has 0 aliphatic carbocycles. The smallest absolute Gasteiger partial charge is 0.310 e. The molecule has 0 aromatic rings. The molecule has 0 spiro atoms. The zero-order valence-electron chi connectivity index (χ0n) is 9.70. The molecular formula is C11H18O4. The Balaban J connectivity index is 2.59. The largest absolute Gasteiger partial charge is 0.457 e. The van der Waals surface area contributed by atoms with Gasteiger partial charge in [0.05, 0.1) is 12.3 Å². The van der Waals surface area contributed by atoms with Crippen molar-refractivity contribution in [2.45, 2.75) is 52.2 Å².